The van der Waals surface area contributed by atoms with Crippen LogP contribution in [0.2, 0.25) is 0 Å². The first kappa shape index (κ1) is 27.0. The topological polar surface area (TPSA) is 141 Å². The second kappa shape index (κ2) is 12.0. The molecule has 38 heavy (non-hydrogen) atoms. The lowest BCUT2D eigenvalue weighted by Crippen LogP contribution is -2.40. The molecule has 4 heterocycles. The number of nitriles is 1. The molecule has 12 nitrogen and oxygen atoms in total. The molecule has 1 fully saturated rings. The number of pyridine rings is 2. The lowest BCUT2D eigenvalue weighted by Gasteiger charge is -2.29. The molecule has 1 atom stereocenters. The number of aryl methyl sites for hydroxylation is 1. The molecule has 2 aliphatic heterocycles. The number of carbonyl (C=O) groups excluding carboxylic acids is 3. The van der Waals surface area contributed by atoms with E-state index in [1.165, 1.54) is 23.1 Å². The summed E-state index contributed by atoms with van der Waals surface area (Å²) in [5.41, 5.74) is 2.69. The molecule has 4 rings (SSSR count). The fraction of sp³-hybridized carbons (Fsp3) is 0.462. The number of hydrogen-bond donors (Lipinski definition) is 1. The number of hydrogen-bond acceptors (Lipinski definition) is 9. The van der Waals surface area contributed by atoms with Gasteiger partial charge in [-0.3, -0.25) is 19.8 Å². The largest absolute Gasteiger partial charge is 0.380 e. The first-order chi connectivity index (χ1) is 18.4. The number of aromatic nitrogens is 2. The average molecular weight is 522 g/mol. The van der Waals surface area contributed by atoms with Gasteiger partial charge in [0.15, 0.2) is 6.29 Å². The highest BCUT2D eigenvalue weighted by Crippen LogP contribution is 2.30. The van der Waals surface area contributed by atoms with E-state index in [-0.39, 0.29) is 30.9 Å². The number of ether oxygens (including phenoxy) is 2. The number of nitrogens with one attached hydrogen (secondary N) is 1. The summed E-state index contributed by atoms with van der Waals surface area (Å²) in [5.74, 6) is 0.494. The monoisotopic (exact) mass is 521 g/mol. The lowest BCUT2D eigenvalue weighted by molar-refractivity contribution is -0.134. The number of amides is 3. The van der Waals surface area contributed by atoms with Crippen LogP contribution in [0.25, 0.3) is 0 Å². The third-order valence-corrected chi connectivity index (χ3v) is 6.79. The van der Waals surface area contributed by atoms with Gasteiger partial charge >= 0.3 is 6.03 Å². The third-order valence-electron chi connectivity index (χ3n) is 6.79. The molecule has 0 saturated carbocycles. The molecular weight excluding hydrogens is 490 g/mol. The number of likely N-dealkylation sites (N-methyl/N-ethyl adjacent to an activating group) is 1. The van der Waals surface area contributed by atoms with Gasteiger partial charge in [0.2, 0.25) is 5.91 Å². The van der Waals surface area contributed by atoms with Crippen molar-refractivity contribution < 1.29 is 23.9 Å². The molecule has 3 amide bonds. The number of nitrogens with zero attached hydrogens (tertiary/aromatic N) is 6. The SMILES string of the molecule is COCC(=O)N(C)Cc1cc2c(nc1C=O)N(C(=O)Nc1cc(N3CC[C@@H](OC)C3)c(C#N)cn1)CCC2. The van der Waals surface area contributed by atoms with Gasteiger partial charge in [-0.15, -0.1) is 0 Å². The summed E-state index contributed by atoms with van der Waals surface area (Å²) < 4.78 is 10.3. The summed E-state index contributed by atoms with van der Waals surface area (Å²) in [4.78, 5) is 51.1. The van der Waals surface area contributed by atoms with Crippen LogP contribution in [0, 0.1) is 11.3 Å². The lowest BCUT2D eigenvalue weighted by atomic mass is 10.0. The fourth-order valence-corrected chi connectivity index (χ4v) is 4.74. The molecule has 0 bridgehead atoms. The van der Waals surface area contributed by atoms with Crippen molar-refractivity contribution >= 4 is 35.5 Å². The van der Waals surface area contributed by atoms with E-state index >= 15 is 0 Å². The molecular formula is C26H31N7O5. The predicted octanol–water partition coefficient (Wildman–Crippen LogP) is 1.98. The second-order valence-electron chi connectivity index (χ2n) is 9.29. The maximum atomic E-state index is 13.3. The standard InChI is InChI=1S/C26H31N7O5/c1-31(24(35)16-37-2)13-18-9-17-5-4-7-33(25(17)29-21(18)15-34)26(36)30-23-10-22(19(11-27)12-28-23)32-8-6-20(14-32)38-3/h9-10,12,15,20H,4-8,13-14,16H2,1-3H3,(H,28,30,36)/t20-/m1/s1. The van der Waals surface area contributed by atoms with Crippen LogP contribution in [0.1, 0.15) is 40.0 Å². The van der Waals surface area contributed by atoms with Crippen LogP contribution >= 0.6 is 0 Å². The number of methoxy groups -OCH3 is 2. The number of fused-ring (bicyclic) bond motifs is 1. The Kier molecular flexibility index (Phi) is 8.50. The van der Waals surface area contributed by atoms with E-state index in [2.05, 4.69) is 21.4 Å². The van der Waals surface area contributed by atoms with Crippen LogP contribution in [0.3, 0.4) is 0 Å². The molecule has 2 aromatic heterocycles. The van der Waals surface area contributed by atoms with Crippen molar-refractivity contribution in [3.05, 3.63) is 40.7 Å². The van der Waals surface area contributed by atoms with E-state index in [1.807, 2.05) is 11.0 Å². The highest BCUT2D eigenvalue weighted by atomic mass is 16.5. The van der Waals surface area contributed by atoms with Gasteiger partial charge in [0.05, 0.1) is 17.4 Å². The minimum Gasteiger partial charge on any atom is -0.380 e. The van der Waals surface area contributed by atoms with Crippen molar-refractivity contribution in [1.82, 2.24) is 14.9 Å². The van der Waals surface area contributed by atoms with Crippen molar-refractivity contribution in [2.24, 2.45) is 0 Å². The van der Waals surface area contributed by atoms with Gasteiger partial charge in [0.25, 0.3) is 0 Å². The number of urea groups is 1. The zero-order valence-electron chi connectivity index (χ0n) is 21.8. The Balaban J connectivity index is 1.55. The van der Waals surface area contributed by atoms with Crippen LogP contribution in [0.5, 0.6) is 0 Å². The zero-order chi connectivity index (χ0) is 27.2. The van der Waals surface area contributed by atoms with Crippen LogP contribution < -0.4 is 15.1 Å². The fourth-order valence-electron chi connectivity index (χ4n) is 4.74. The van der Waals surface area contributed by atoms with Gasteiger partial charge in [0.1, 0.15) is 30.0 Å². The molecule has 12 heteroatoms. The van der Waals surface area contributed by atoms with Gasteiger partial charge in [-0.25, -0.2) is 14.8 Å². The van der Waals surface area contributed by atoms with Gasteiger partial charge < -0.3 is 19.3 Å². The quantitative estimate of drug-likeness (QED) is 0.516. The highest BCUT2D eigenvalue weighted by molar-refractivity contribution is 6.02. The number of carbonyl (C=O) groups is 3. The molecule has 0 unspecified atom stereocenters. The summed E-state index contributed by atoms with van der Waals surface area (Å²) in [6.07, 6.45) is 4.40. The van der Waals surface area contributed by atoms with Crippen molar-refractivity contribution in [2.45, 2.75) is 31.9 Å². The molecule has 2 aliphatic rings. The minimum absolute atomic E-state index is 0.0605. The molecule has 0 aliphatic carbocycles. The Hall–Kier alpha value is -4.08. The molecule has 1 N–H and O–H groups in total. The van der Waals surface area contributed by atoms with Gasteiger partial charge in [-0.1, -0.05) is 0 Å². The first-order valence-corrected chi connectivity index (χ1v) is 12.4. The maximum absolute atomic E-state index is 13.3. The van der Waals surface area contributed by atoms with Crippen molar-refractivity contribution in [3.8, 4) is 6.07 Å². The maximum Gasteiger partial charge on any atom is 0.328 e. The first-order valence-electron chi connectivity index (χ1n) is 12.4. The van der Waals surface area contributed by atoms with Crippen molar-refractivity contribution in [3.63, 3.8) is 0 Å². The Morgan fingerprint density at radius 1 is 1.32 bits per heavy atom. The van der Waals surface area contributed by atoms with Gasteiger partial charge in [0, 0.05) is 65.3 Å². The summed E-state index contributed by atoms with van der Waals surface area (Å²) in [5, 5.41) is 12.4. The van der Waals surface area contributed by atoms with E-state index in [4.69, 9.17) is 9.47 Å². The molecule has 0 radical (unpaired) electrons. The number of aldehydes is 1. The zero-order valence-corrected chi connectivity index (χ0v) is 21.8. The van der Waals surface area contributed by atoms with Gasteiger partial charge in [-0.05, 0) is 30.9 Å². The van der Waals surface area contributed by atoms with Crippen molar-refractivity contribution in [2.75, 3.05) is 62.6 Å². The smallest absolute Gasteiger partial charge is 0.328 e. The van der Waals surface area contributed by atoms with Gasteiger partial charge in [-0.2, -0.15) is 5.26 Å². The summed E-state index contributed by atoms with van der Waals surface area (Å²) in [6.45, 7) is 1.93. The molecule has 0 aromatic carbocycles. The van der Waals surface area contributed by atoms with E-state index in [0.29, 0.717) is 60.7 Å². The summed E-state index contributed by atoms with van der Waals surface area (Å²) in [7, 11) is 4.74. The Bertz CT molecular complexity index is 1260. The predicted molar refractivity (Wildman–Crippen MR) is 139 cm³/mol. The van der Waals surface area contributed by atoms with E-state index in [1.54, 1.807) is 20.2 Å². The Morgan fingerprint density at radius 3 is 2.82 bits per heavy atom. The number of anilines is 3. The molecule has 0 spiro atoms. The normalized spacial score (nSPS) is 16.5. The Morgan fingerprint density at radius 2 is 2.13 bits per heavy atom. The van der Waals surface area contributed by atoms with E-state index in [0.717, 1.165) is 18.5 Å². The third kappa shape index (κ3) is 5.74. The van der Waals surface area contributed by atoms with Crippen LogP contribution in [-0.2, 0) is 27.2 Å². The van der Waals surface area contributed by atoms with E-state index in [9.17, 15) is 19.6 Å². The minimum atomic E-state index is -0.435. The summed E-state index contributed by atoms with van der Waals surface area (Å²) >= 11 is 0. The highest BCUT2D eigenvalue weighted by Gasteiger charge is 2.28. The second-order valence-corrected chi connectivity index (χ2v) is 9.29. The average Bonchev–Trinajstić information content (AvgIpc) is 3.41. The Labute approximate surface area is 221 Å². The number of rotatable bonds is 8. The van der Waals surface area contributed by atoms with Crippen LogP contribution in [0.15, 0.2) is 18.3 Å². The molecule has 200 valence electrons. The molecule has 2 aromatic rings. The molecule has 1 saturated heterocycles. The van der Waals surface area contributed by atoms with Crippen LogP contribution in [-0.4, -0.2) is 86.7 Å². The van der Waals surface area contributed by atoms with E-state index < -0.39 is 6.03 Å². The van der Waals surface area contributed by atoms with Crippen LogP contribution in [0.4, 0.5) is 22.1 Å². The van der Waals surface area contributed by atoms with Crippen molar-refractivity contribution in [1.29, 1.82) is 5.26 Å². The summed E-state index contributed by atoms with van der Waals surface area (Å²) in [6, 6.07) is 5.26.